The molecule has 10 N–H and O–H groups in total. The van der Waals surface area contributed by atoms with Crippen molar-refractivity contribution < 1.29 is 39.3 Å². The molecule has 2 aromatic heterocycles. The number of hydrogen-bond acceptors (Lipinski definition) is 7. The largest absolute Gasteiger partial charge is 0.508 e. The van der Waals surface area contributed by atoms with Crippen molar-refractivity contribution >= 4 is 51.5 Å². The molecule has 4 atom stereocenters. The van der Waals surface area contributed by atoms with Crippen LogP contribution in [0.3, 0.4) is 0 Å². The number of aromatic nitrogens is 2. The van der Waals surface area contributed by atoms with Crippen LogP contribution in [0.5, 0.6) is 5.75 Å². The molecule has 260 valence electrons. The quantitative estimate of drug-likeness (QED) is 0.0739. The number of aromatic amines is 2. The van der Waals surface area contributed by atoms with Crippen LogP contribution < -0.4 is 21.7 Å². The van der Waals surface area contributed by atoms with Gasteiger partial charge in [0.2, 0.25) is 17.7 Å². The molecule has 0 saturated heterocycles. The number of carbonyl (C=O) groups excluding carboxylic acids is 3. The Balaban J connectivity index is 1.40. The molecular formula is C36H38N6O8. The highest BCUT2D eigenvalue weighted by molar-refractivity contribution is 5.95. The molecule has 0 bridgehead atoms. The molecular weight excluding hydrogens is 644 g/mol. The SMILES string of the molecule is NC(CCC(=O)O)C(=O)NC(Cc1c[nH]c2ccccc12)C(=O)NC(Cc1ccc(O)cc1)C(=O)NC(Cc1c[nH]c2ccccc12)C(=O)O. The molecule has 14 nitrogen and oxygen atoms in total. The zero-order valence-electron chi connectivity index (χ0n) is 26.9. The van der Waals surface area contributed by atoms with Gasteiger partial charge in [0.25, 0.3) is 0 Å². The second-order valence-corrected chi connectivity index (χ2v) is 12.1. The van der Waals surface area contributed by atoms with E-state index in [1.807, 2.05) is 48.5 Å². The molecule has 3 amide bonds. The number of phenolic OH excluding ortho intramolecular Hbond substituents is 1. The Labute approximate surface area is 286 Å². The van der Waals surface area contributed by atoms with Crippen LogP contribution in [0.25, 0.3) is 21.8 Å². The molecule has 0 aliphatic rings. The zero-order chi connectivity index (χ0) is 35.8. The van der Waals surface area contributed by atoms with E-state index in [-0.39, 0.29) is 37.9 Å². The Hall–Kier alpha value is -6.15. The smallest absolute Gasteiger partial charge is 0.326 e. The summed E-state index contributed by atoms with van der Waals surface area (Å²) in [7, 11) is 0. The minimum atomic E-state index is -1.35. The Kier molecular flexibility index (Phi) is 11.1. The lowest BCUT2D eigenvalue weighted by atomic mass is 10.0. The van der Waals surface area contributed by atoms with E-state index in [9.17, 15) is 34.2 Å². The average molecular weight is 683 g/mol. The highest BCUT2D eigenvalue weighted by atomic mass is 16.4. The van der Waals surface area contributed by atoms with Gasteiger partial charge in [0.05, 0.1) is 6.04 Å². The van der Waals surface area contributed by atoms with Crippen molar-refractivity contribution in [2.75, 3.05) is 0 Å². The molecule has 0 radical (unpaired) electrons. The molecule has 5 rings (SSSR count). The number of nitrogens with one attached hydrogen (secondary N) is 5. The average Bonchev–Trinajstić information content (AvgIpc) is 3.70. The molecule has 14 heteroatoms. The van der Waals surface area contributed by atoms with Gasteiger partial charge < -0.3 is 47.0 Å². The lowest BCUT2D eigenvalue weighted by Gasteiger charge is -2.25. The number of H-pyrrole nitrogens is 2. The van der Waals surface area contributed by atoms with Crippen molar-refractivity contribution in [1.82, 2.24) is 25.9 Å². The van der Waals surface area contributed by atoms with E-state index in [2.05, 4.69) is 25.9 Å². The number of aromatic hydroxyl groups is 1. The third-order valence-corrected chi connectivity index (χ3v) is 8.46. The summed E-state index contributed by atoms with van der Waals surface area (Å²) in [6.45, 7) is 0. The van der Waals surface area contributed by atoms with E-state index in [0.717, 1.165) is 21.8 Å². The Morgan fingerprint density at radius 1 is 0.640 bits per heavy atom. The lowest BCUT2D eigenvalue weighted by Crippen LogP contribution is -2.58. The van der Waals surface area contributed by atoms with E-state index >= 15 is 0 Å². The predicted octanol–water partition coefficient (Wildman–Crippen LogP) is 2.11. The highest BCUT2D eigenvalue weighted by Crippen LogP contribution is 2.21. The van der Waals surface area contributed by atoms with Crippen LogP contribution in [0.15, 0.2) is 85.2 Å². The topological polar surface area (TPSA) is 240 Å². The van der Waals surface area contributed by atoms with Crippen LogP contribution in [-0.2, 0) is 43.2 Å². The molecule has 0 aliphatic carbocycles. The second-order valence-electron chi connectivity index (χ2n) is 12.1. The fourth-order valence-corrected chi connectivity index (χ4v) is 5.76. The first-order valence-corrected chi connectivity index (χ1v) is 16.0. The van der Waals surface area contributed by atoms with Gasteiger partial charge in [0.1, 0.15) is 23.9 Å². The fourth-order valence-electron chi connectivity index (χ4n) is 5.76. The van der Waals surface area contributed by atoms with Crippen LogP contribution >= 0.6 is 0 Å². The standard InChI is InChI=1S/C36H38N6O8/c37-26(13-14-32(44)45)33(46)40-30(16-21-18-38-27-7-3-1-5-24(21)27)35(48)41-29(15-20-9-11-23(43)12-10-20)34(47)42-31(36(49)50)17-22-19-39-28-8-4-2-6-25(22)28/h1-12,18-19,26,29-31,38-39,43H,13-17,37H2,(H,40,46)(H,41,48)(H,42,47)(H,44,45)(H,49,50). The highest BCUT2D eigenvalue weighted by Gasteiger charge is 2.32. The summed E-state index contributed by atoms with van der Waals surface area (Å²) in [4.78, 5) is 70.6. The van der Waals surface area contributed by atoms with E-state index in [0.29, 0.717) is 16.7 Å². The molecule has 4 unspecified atom stereocenters. The summed E-state index contributed by atoms with van der Waals surface area (Å²) < 4.78 is 0. The fraction of sp³-hybridized carbons (Fsp3) is 0.250. The third kappa shape index (κ3) is 8.85. The van der Waals surface area contributed by atoms with Crippen LogP contribution in [0.2, 0.25) is 0 Å². The van der Waals surface area contributed by atoms with Gasteiger partial charge in [0.15, 0.2) is 0 Å². The molecule has 0 saturated carbocycles. The van der Waals surface area contributed by atoms with Gasteiger partial charge in [-0.15, -0.1) is 0 Å². The zero-order valence-corrected chi connectivity index (χ0v) is 26.9. The van der Waals surface area contributed by atoms with Gasteiger partial charge in [-0.3, -0.25) is 19.2 Å². The Morgan fingerprint density at radius 3 is 1.66 bits per heavy atom. The predicted molar refractivity (Wildman–Crippen MR) is 184 cm³/mol. The van der Waals surface area contributed by atoms with Crippen molar-refractivity contribution in [3.05, 3.63) is 102 Å². The van der Waals surface area contributed by atoms with Gasteiger partial charge in [-0.25, -0.2) is 4.79 Å². The maximum absolute atomic E-state index is 14.0. The molecule has 3 aromatic carbocycles. The van der Waals surface area contributed by atoms with Crippen LogP contribution in [0, 0.1) is 0 Å². The number of carboxylic acids is 2. The minimum absolute atomic E-state index is 0.0100. The number of aliphatic carboxylic acids is 2. The van der Waals surface area contributed by atoms with E-state index in [1.165, 1.54) is 12.1 Å². The summed E-state index contributed by atoms with van der Waals surface area (Å²) in [6.07, 6.45) is 2.72. The number of benzene rings is 3. The van der Waals surface area contributed by atoms with Gasteiger partial charge in [0, 0.05) is 59.9 Å². The van der Waals surface area contributed by atoms with Crippen LogP contribution in [0.4, 0.5) is 0 Å². The van der Waals surface area contributed by atoms with Crippen molar-refractivity contribution in [1.29, 1.82) is 0 Å². The number of hydrogen-bond donors (Lipinski definition) is 9. The van der Waals surface area contributed by atoms with Crippen molar-refractivity contribution in [2.45, 2.75) is 56.3 Å². The number of carboxylic acid groups (broad SMARTS) is 2. The van der Waals surface area contributed by atoms with Crippen molar-refractivity contribution in [3.8, 4) is 5.75 Å². The summed E-state index contributed by atoms with van der Waals surface area (Å²) in [5.74, 6) is -4.71. The second kappa shape index (κ2) is 15.8. The molecule has 5 aromatic rings. The first-order chi connectivity index (χ1) is 24.0. The molecule has 50 heavy (non-hydrogen) atoms. The monoisotopic (exact) mass is 682 g/mol. The minimum Gasteiger partial charge on any atom is -0.508 e. The normalized spacial score (nSPS) is 13.6. The molecule has 0 spiro atoms. The van der Waals surface area contributed by atoms with Crippen LogP contribution in [-0.4, -0.2) is 79.1 Å². The summed E-state index contributed by atoms with van der Waals surface area (Å²) in [5.41, 5.74) is 9.48. The first-order valence-electron chi connectivity index (χ1n) is 16.0. The lowest BCUT2D eigenvalue weighted by molar-refractivity contribution is -0.142. The summed E-state index contributed by atoms with van der Waals surface area (Å²) in [6, 6.07) is 15.5. The summed E-state index contributed by atoms with van der Waals surface area (Å²) in [5, 5.41) is 38.4. The number of phenols is 1. The Bertz CT molecular complexity index is 2000. The number of amides is 3. The molecule has 0 aliphatic heterocycles. The van der Waals surface area contributed by atoms with Crippen molar-refractivity contribution in [2.24, 2.45) is 5.73 Å². The number of nitrogens with two attached hydrogens (primary N) is 1. The van der Waals surface area contributed by atoms with Gasteiger partial charge in [-0.05, 0) is 47.4 Å². The van der Waals surface area contributed by atoms with Gasteiger partial charge in [-0.2, -0.15) is 0 Å². The first kappa shape index (κ1) is 35.2. The summed E-state index contributed by atoms with van der Waals surface area (Å²) >= 11 is 0. The number of rotatable bonds is 16. The molecule has 2 heterocycles. The van der Waals surface area contributed by atoms with Gasteiger partial charge >= 0.3 is 11.9 Å². The number of fused-ring (bicyclic) bond motifs is 2. The van der Waals surface area contributed by atoms with E-state index in [1.54, 1.807) is 24.5 Å². The van der Waals surface area contributed by atoms with E-state index in [4.69, 9.17) is 10.8 Å². The molecule has 0 fully saturated rings. The number of para-hydroxylation sites is 2. The Morgan fingerprint density at radius 2 is 1.12 bits per heavy atom. The maximum atomic E-state index is 14.0. The third-order valence-electron chi connectivity index (χ3n) is 8.46. The van der Waals surface area contributed by atoms with Gasteiger partial charge in [-0.1, -0.05) is 48.5 Å². The van der Waals surface area contributed by atoms with Crippen molar-refractivity contribution in [3.63, 3.8) is 0 Å². The number of carbonyl (C=O) groups is 5. The van der Waals surface area contributed by atoms with Crippen LogP contribution in [0.1, 0.15) is 29.5 Å². The van der Waals surface area contributed by atoms with E-state index < -0.39 is 53.8 Å². The maximum Gasteiger partial charge on any atom is 0.326 e.